The second-order valence-electron chi connectivity index (χ2n) is 4.14. The van der Waals surface area contributed by atoms with Crippen molar-refractivity contribution in [2.24, 2.45) is 0 Å². The first-order chi connectivity index (χ1) is 5.31. The molecule has 0 aliphatic heterocycles. The van der Waals surface area contributed by atoms with Crippen LogP contribution < -0.4 is 0 Å². The zero-order valence-electron chi connectivity index (χ0n) is 8.55. The molecular weight excluding hydrogens is 172 g/mol. The molecule has 0 N–H and O–H groups in total. The Hall–Kier alpha value is -0.0500. The lowest BCUT2D eigenvalue weighted by atomic mass is 10.3. The highest BCUT2D eigenvalue weighted by atomic mass is 32.2. The first kappa shape index (κ1) is 11.9. The van der Waals surface area contributed by atoms with Crippen molar-refractivity contribution in [1.82, 2.24) is 0 Å². The van der Waals surface area contributed by atoms with Crippen LogP contribution in [0.5, 0.6) is 0 Å². The van der Waals surface area contributed by atoms with Crippen molar-refractivity contribution in [3.8, 4) is 0 Å². The summed E-state index contributed by atoms with van der Waals surface area (Å²) < 4.78 is 22.5. The maximum atomic E-state index is 11.5. The van der Waals surface area contributed by atoms with Gasteiger partial charge in [-0.3, -0.25) is 0 Å². The van der Waals surface area contributed by atoms with Gasteiger partial charge < -0.3 is 0 Å². The Morgan fingerprint density at radius 2 is 1.58 bits per heavy atom. The first-order valence-corrected chi connectivity index (χ1v) is 6.19. The molecule has 3 heteroatoms. The van der Waals surface area contributed by atoms with E-state index in [0.717, 1.165) is 19.3 Å². The molecule has 0 saturated carbocycles. The summed E-state index contributed by atoms with van der Waals surface area (Å²) in [6, 6.07) is 0. The Labute approximate surface area is 76.3 Å². The molecule has 0 spiro atoms. The van der Waals surface area contributed by atoms with Crippen molar-refractivity contribution >= 4 is 9.84 Å². The Bertz CT molecular complexity index is 209. The summed E-state index contributed by atoms with van der Waals surface area (Å²) >= 11 is 0. The monoisotopic (exact) mass is 192 g/mol. The van der Waals surface area contributed by atoms with Crippen LogP contribution in [0.3, 0.4) is 0 Å². The number of hydrogen-bond acceptors (Lipinski definition) is 2. The maximum Gasteiger partial charge on any atom is 0.155 e. The lowest BCUT2D eigenvalue weighted by Crippen LogP contribution is -2.30. The van der Waals surface area contributed by atoms with Crippen LogP contribution in [0.1, 0.15) is 47.0 Å². The minimum absolute atomic E-state index is 0.338. The molecule has 0 heterocycles. The highest BCUT2D eigenvalue weighted by Crippen LogP contribution is 2.17. The number of sulfone groups is 1. The third-order valence-corrected chi connectivity index (χ3v) is 4.64. The zero-order chi connectivity index (χ0) is 9.83. The second kappa shape index (κ2) is 4.26. The molecule has 74 valence electrons. The fraction of sp³-hybridized carbons (Fsp3) is 1.00. The van der Waals surface area contributed by atoms with Crippen molar-refractivity contribution < 1.29 is 8.42 Å². The van der Waals surface area contributed by atoms with E-state index >= 15 is 0 Å². The van der Waals surface area contributed by atoms with Gasteiger partial charge in [-0.15, -0.1) is 0 Å². The van der Waals surface area contributed by atoms with Gasteiger partial charge in [-0.1, -0.05) is 19.8 Å². The van der Waals surface area contributed by atoms with E-state index in [9.17, 15) is 8.42 Å². The smallest absolute Gasteiger partial charge is 0.155 e. The molecule has 0 saturated heterocycles. The van der Waals surface area contributed by atoms with E-state index in [1.165, 1.54) is 0 Å². The summed E-state index contributed by atoms with van der Waals surface area (Å²) in [5, 5.41) is 0. The van der Waals surface area contributed by atoms with Crippen LogP contribution in [-0.4, -0.2) is 18.9 Å². The Kier molecular flexibility index (Phi) is 4.24. The minimum atomic E-state index is -2.87. The van der Waals surface area contributed by atoms with Gasteiger partial charge in [-0.2, -0.15) is 0 Å². The molecule has 0 aromatic heterocycles. The molecule has 2 nitrogen and oxygen atoms in total. The van der Waals surface area contributed by atoms with E-state index in [1.54, 1.807) is 20.8 Å². The lowest BCUT2D eigenvalue weighted by Gasteiger charge is -2.18. The predicted molar refractivity (Wildman–Crippen MR) is 53.1 cm³/mol. The molecule has 0 rings (SSSR count). The minimum Gasteiger partial charge on any atom is -0.228 e. The van der Waals surface area contributed by atoms with Crippen molar-refractivity contribution in [2.75, 3.05) is 5.75 Å². The molecule has 0 aromatic rings. The highest BCUT2D eigenvalue weighted by molar-refractivity contribution is 7.92. The second-order valence-corrected chi connectivity index (χ2v) is 7.00. The highest BCUT2D eigenvalue weighted by Gasteiger charge is 2.27. The normalized spacial score (nSPS) is 13.3. The lowest BCUT2D eigenvalue weighted by molar-refractivity contribution is 0.555. The Balaban J connectivity index is 4.08. The van der Waals surface area contributed by atoms with E-state index in [2.05, 4.69) is 6.92 Å². The topological polar surface area (TPSA) is 34.1 Å². The molecule has 0 aliphatic rings. The summed E-state index contributed by atoms with van der Waals surface area (Å²) in [5.41, 5.74) is 0. The molecular formula is C9H20O2S. The number of hydrogen-bond donors (Lipinski definition) is 0. The van der Waals surface area contributed by atoms with Gasteiger partial charge in [0, 0.05) is 0 Å². The molecule has 0 fully saturated rings. The molecule has 0 atom stereocenters. The number of unbranched alkanes of at least 4 members (excludes halogenated alkanes) is 2. The summed E-state index contributed by atoms with van der Waals surface area (Å²) in [6.45, 7) is 7.35. The van der Waals surface area contributed by atoms with E-state index in [-0.39, 0.29) is 0 Å². The van der Waals surface area contributed by atoms with Gasteiger partial charge in [-0.05, 0) is 27.2 Å². The molecule has 0 amide bonds. The van der Waals surface area contributed by atoms with Gasteiger partial charge in [0.25, 0.3) is 0 Å². The van der Waals surface area contributed by atoms with Gasteiger partial charge in [0.1, 0.15) is 0 Å². The molecule has 0 aliphatic carbocycles. The zero-order valence-corrected chi connectivity index (χ0v) is 9.37. The van der Waals surface area contributed by atoms with Crippen LogP contribution in [0.25, 0.3) is 0 Å². The molecule has 0 bridgehead atoms. The van der Waals surface area contributed by atoms with Gasteiger partial charge in [0.15, 0.2) is 9.84 Å². The van der Waals surface area contributed by atoms with Gasteiger partial charge in [-0.25, -0.2) is 8.42 Å². The van der Waals surface area contributed by atoms with Crippen LogP contribution in [0.15, 0.2) is 0 Å². The first-order valence-electron chi connectivity index (χ1n) is 4.53. The van der Waals surface area contributed by atoms with Crippen LogP contribution in [0.4, 0.5) is 0 Å². The largest absolute Gasteiger partial charge is 0.228 e. The van der Waals surface area contributed by atoms with E-state index in [0.29, 0.717) is 5.75 Å². The average molecular weight is 192 g/mol. The standard InChI is InChI=1S/C9H20O2S/c1-5-6-7-8-12(10,11)9(2,3)4/h5-8H2,1-4H3. The van der Waals surface area contributed by atoms with Crippen LogP contribution in [0.2, 0.25) is 0 Å². The summed E-state index contributed by atoms with van der Waals surface area (Å²) in [5.74, 6) is 0.338. The number of rotatable bonds is 4. The molecule has 0 unspecified atom stereocenters. The molecule has 0 radical (unpaired) electrons. The van der Waals surface area contributed by atoms with Gasteiger partial charge >= 0.3 is 0 Å². The SMILES string of the molecule is CCCCCS(=O)(=O)C(C)(C)C. The van der Waals surface area contributed by atoms with E-state index < -0.39 is 14.6 Å². The van der Waals surface area contributed by atoms with Crippen LogP contribution in [-0.2, 0) is 9.84 Å². The van der Waals surface area contributed by atoms with Crippen molar-refractivity contribution in [1.29, 1.82) is 0 Å². The van der Waals surface area contributed by atoms with Crippen molar-refractivity contribution in [3.63, 3.8) is 0 Å². The Morgan fingerprint density at radius 1 is 1.08 bits per heavy atom. The summed E-state index contributed by atoms with van der Waals surface area (Å²) in [4.78, 5) is 0. The fourth-order valence-electron chi connectivity index (χ4n) is 0.848. The predicted octanol–water partition coefficient (Wildman–Crippen LogP) is 2.39. The Morgan fingerprint density at radius 3 is 1.92 bits per heavy atom. The third kappa shape index (κ3) is 3.57. The maximum absolute atomic E-state index is 11.5. The fourth-order valence-corrected chi connectivity index (χ4v) is 2.04. The van der Waals surface area contributed by atoms with E-state index in [1.807, 2.05) is 0 Å². The summed E-state index contributed by atoms with van der Waals surface area (Å²) in [6.07, 6.45) is 2.88. The summed E-state index contributed by atoms with van der Waals surface area (Å²) in [7, 11) is -2.87. The van der Waals surface area contributed by atoms with Crippen LogP contribution in [0, 0.1) is 0 Å². The van der Waals surface area contributed by atoms with Crippen LogP contribution >= 0.6 is 0 Å². The van der Waals surface area contributed by atoms with Gasteiger partial charge in [0.2, 0.25) is 0 Å². The average Bonchev–Trinajstić information content (AvgIpc) is 1.85. The third-order valence-electron chi connectivity index (χ3n) is 1.95. The van der Waals surface area contributed by atoms with Crippen molar-refractivity contribution in [2.45, 2.75) is 51.7 Å². The molecule has 12 heavy (non-hydrogen) atoms. The van der Waals surface area contributed by atoms with E-state index in [4.69, 9.17) is 0 Å². The molecule has 0 aromatic carbocycles. The van der Waals surface area contributed by atoms with Crippen molar-refractivity contribution in [3.05, 3.63) is 0 Å². The quantitative estimate of drug-likeness (QED) is 0.641. The van der Waals surface area contributed by atoms with Gasteiger partial charge in [0.05, 0.1) is 10.5 Å².